The molecule has 0 spiro atoms. The molecule has 4 nitrogen and oxygen atoms in total. The Kier molecular flexibility index (Phi) is 2.22. The third-order valence-electron chi connectivity index (χ3n) is 2.58. The van der Waals surface area contributed by atoms with E-state index < -0.39 is 0 Å². The summed E-state index contributed by atoms with van der Waals surface area (Å²) in [5.41, 5.74) is 6.79. The van der Waals surface area contributed by atoms with Crippen LogP contribution in [0.25, 0.3) is 0 Å². The lowest BCUT2D eigenvalue weighted by Crippen LogP contribution is -2.23. The summed E-state index contributed by atoms with van der Waals surface area (Å²) in [7, 11) is 1.88. The maximum absolute atomic E-state index is 5.69. The Hall–Kier alpha value is -1.03. The first-order valence-corrected chi connectivity index (χ1v) is 4.77. The topological polar surface area (TPSA) is 55.9 Å². The Bertz CT molecular complexity index is 266. The van der Waals surface area contributed by atoms with Crippen molar-refractivity contribution in [1.82, 2.24) is 15.1 Å². The van der Waals surface area contributed by atoms with Gasteiger partial charge >= 0.3 is 0 Å². The molecule has 1 aliphatic heterocycles. The fraction of sp³-hybridized carbons (Fsp3) is 0.667. The van der Waals surface area contributed by atoms with Gasteiger partial charge in [0.1, 0.15) is 5.82 Å². The van der Waals surface area contributed by atoms with E-state index in [2.05, 4.69) is 10.4 Å². The maximum Gasteiger partial charge on any atom is 0.121 e. The minimum absolute atomic E-state index is 0.606. The van der Waals surface area contributed by atoms with Crippen LogP contribution in [-0.4, -0.2) is 22.4 Å². The van der Waals surface area contributed by atoms with Gasteiger partial charge in [0.25, 0.3) is 0 Å². The molecule has 72 valence electrons. The summed E-state index contributed by atoms with van der Waals surface area (Å²) in [4.78, 5) is 0. The van der Waals surface area contributed by atoms with Gasteiger partial charge < -0.3 is 11.1 Å². The summed E-state index contributed by atoms with van der Waals surface area (Å²) in [5.74, 6) is 0.744. The quantitative estimate of drug-likeness (QED) is 0.688. The molecule has 13 heavy (non-hydrogen) atoms. The summed E-state index contributed by atoms with van der Waals surface area (Å²) in [6, 6.07) is 2.56. The van der Waals surface area contributed by atoms with Crippen LogP contribution >= 0.6 is 0 Å². The van der Waals surface area contributed by atoms with Crippen LogP contribution in [0.4, 0.5) is 5.82 Å². The zero-order valence-corrected chi connectivity index (χ0v) is 7.95. The molecule has 4 heteroatoms. The number of aryl methyl sites for hydroxylation is 1. The fourth-order valence-electron chi connectivity index (χ4n) is 1.83. The number of nitrogens with zero attached hydrogens (tertiary/aromatic N) is 2. The van der Waals surface area contributed by atoms with E-state index >= 15 is 0 Å². The van der Waals surface area contributed by atoms with Crippen molar-refractivity contribution in [1.29, 1.82) is 0 Å². The zero-order chi connectivity index (χ0) is 9.26. The predicted octanol–water partition coefficient (Wildman–Crippen LogP) is 0.297. The van der Waals surface area contributed by atoms with Gasteiger partial charge in [0.15, 0.2) is 0 Å². The molecule has 1 unspecified atom stereocenters. The first kappa shape index (κ1) is 8.56. The lowest BCUT2D eigenvalue weighted by atomic mass is 10.1. The van der Waals surface area contributed by atoms with Crippen molar-refractivity contribution in [2.75, 3.05) is 12.3 Å². The molecular weight excluding hydrogens is 164 g/mol. The van der Waals surface area contributed by atoms with E-state index in [4.69, 9.17) is 5.73 Å². The molecular formula is C9H16N4. The van der Waals surface area contributed by atoms with E-state index in [1.807, 2.05) is 13.1 Å². The van der Waals surface area contributed by atoms with Crippen LogP contribution in [0.2, 0.25) is 0 Å². The van der Waals surface area contributed by atoms with Crippen LogP contribution in [0, 0.1) is 0 Å². The summed E-state index contributed by atoms with van der Waals surface area (Å²) in [6.07, 6.45) is 3.55. The summed E-state index contributed by atoms with van der Waals surface area (Å²) < 4.78 is 1.73. The average molecular weight is 180 g/mol. The van der Waals surface area contributed by atoms with Crippen LogP contribution in [0.15, 0.2) is 6.07 Å². The largest absolute Gasteiger partial charge is 0.384 e. The number of hydrogen-bond donors (Lipinski definition) is 2. The molecule has 0 aromatic carbocycles. The van der Waals surface area contributed by atoms with Crippen molar-refractivity contribution in [3.8, 4) is 0 Å². The molecule has 1 aromatic rings. The smallest absolute Gasteiger partial charge is 0.121 e. The highest BCUT2D eigenvalue weighted by molar-refractivity contribution is 5.30. The molecule has 1 aromatic heterocycles. The van der Waals surface area contributed by atoms with E-state index in [0.29, 0.717) is 6.04 Å². The van der Waals surface area contributed by atoms with Gasteiger partial charge in [0.05, 0.1) is 5.69 Å². The van der Waals surface area contributed by atoms with Crippen LogP contribution in [-0.2, 0) is 13.5 Å². The van der Waals surface area contributed by atoms with Crippen molar-refractivity contribution < 1.29 is 0 Å². The molecule has 1 saturated heterocycles. The standard InChI is InChI=1S/C9H16N4/c1-13-9(10)6-8(12-13)5-7-3-2-4-11-7/h6-7,11H,2-5,10H2,1H3. The molecule has 0 aliphatic carbocycles. The minimum Gasteiger partial charge on any atom is -0.384 e. The van der Waals surface area contributed by atoms with E-state index in [-0.39, 0.29) is 0 Å². The number of nitrogens with two attached hydrogens (primary N) is 1. The number of nitrogens with one attached hydrogen (secondary N) is 1. The molecule has 0 bridgehead atoms. The number of aromatic nitrogens is 2. The molecule has 1 aliphatic rings. The highest BCUT2D eigenvalue weighted by Gasteiger charge is 2.15. The van der Waals surface area contributed by atoms with Gasteiger partial charge in [-0.1, -0.05) is 0 Å². The summed E-state index contributed by atoms with van der Waals surface area (Å²) in [5, 5.41) is 7.77. The molecule has 0 radical (unpaired) electrons. The molecule has 0 saturated carbocycles. The summed E-state index contributed by atoms with van der Waals surface area (Å²) in [6.45, 7) is 1.15. The van der Waals surface area contributed by atoms with E-state index in [0.717, 1.165) is 24.5 Å². The first-order valence-electron chi connectivity index (χ1n) is 4.77. The van der Waals surface area contributed by atoms with Gasteiger partial charge in [-0.2, -0.15) is 5.10 Å². The fourth-order valence-corrected chi connectivity index (χ4v) is 1.83. The van der Waals surface area contributed by atoms with Crippen molar-refractivity contribution in [3.05, 3.63) is 11.8 Å². The molecule has 1 fully saturated rings. The Morgan fingerprint density at radius 1 is 1.77 bits per heavy atom. The molecule has 0 amide bonds. The van der Waals surface area contributed by atoms with Gasteiger partial charge in [-0.3, -0.25) is 4.68 Å². The van der Waals surface area contributed by atoms with Gasteiger partial charge in [-0.05, 0) is 19.4 Å². The zero-order valence-electron chi connectivity index (χ0n) is 7.95. The van der Waals surface area contributed by atoms with Crippen molar-refractivity contribution in [3.63, 3.8) is 0 Å². The number of rotatable bonds is 2. The average Bonchev–Trinajstić information content (AvgIpc) is 2.64. The monoisotopic (exact) mass is 180 g/mol. The van der Waals surface area contributed by atoms with Gasteiger partial charge in [-0.25, -0.2) is 0 Å². The van der Waals surface area contributed by atoms with Crippen molar-refractivity contribution >= 4 is 5.82 Å². The molecule has 1 atom stereocenters. The molecule has 2 heterocycles. The Balaban J connectivity index is 2.00. The molecule has 2 rings (SSSR count). The highest BCUT2D eigenvalue weighted by Crippen LogP contribution is 2.12. The van der Waals surface area contributed by atoms with Crippen LogP contribution in [0.5, 0.6) is 0 Å². The predicted molar refractivity (Wildman–Crippen MR) is 52.3 cm³/mol. The van der Waals surface area contributed by atoms with Gasteiger partial charge in [-0.15, -0.1) is 0 Å². The SMILES string of the molecule is Cn1nc(CC2CCCN2)cc1N. The molecule has 3 N–H and O–H groups in total. The first-order chi connectivity index (χ1) is 6.25. The maximum atomic E-state index is 5.69. The number of anilines is 1. The second-order valence-electron chi connectivity index (χ2n) is 3.68. The van der Waals surface area contributed by atoms with Gasteiger partial charge in [0, 0.05) is 25.6 Å². The minimum atomic E-state index is 0.606. The van der Waals surface area contributed by atoms with E-state index in [1.54, 1.807) is 4.68 Å². The third-order valence-corrected chi connectivity index (χ3v) is 2.58. The number of hydrogen-bond acceptors (Lipinski definition) is 3. The Morgan fingerprint density at radius 3 is 3.15 bits per heavy atom. The van der Waals surface area contributed by atoms with Crippen molar-refractivity contribution in [2.45, 2.75) is 25.3 Å². The second-order valence-corrected chi connectivity index (χ2v) is 3.68. The van der Waals surface area contributed by atoms with Gasteiger partial charge in [0.2, 0.25) is 0 Å². The summed E-state index contributed by atoms with van der Waals surface area (Å²) >= 11 is 0. The van der Waals surface area contributed by atoms with Crippen molar-refractivity contribution in [2.24, 2.45) is 7.05 Å². The Morgan fingerprint density at radius 2 is 2.62 bits per heavy atom. The Labute approximate surface area is 78.1 Å². The second kappa shape index (κ2) is 3.38. The van der Waals surface area contributed by atoms with Crippen LogP contribution in [0.1, 0.15) is 18.5 Å². The van der Waals surface area contributed by atoms with E-state index in [1.165, 1.54) is 12.8 Å². The lowest BCUT2D eigenvalue weighted by Gasteiger charge is -2.06. The van der Waals surface area contributed by atoms with E-state index in [9.17, 15) is 0 Å². The lowest BCUT2D eigenvalue weighted by molar-refractivity contribution is 0.587. The number of nitrogen functional groups attached to an aromatic ring is 1. The van der Waals surface area contributed by atoms with Crippen LogP contribution < -0.4 is 11.1 Å². The normalized spacial score (nSPS) is 22.4. The third kappa shape index (κ3) is 1.83. The van der Waals surface area contributed by atoms with Crippen LogP contribution in [0.3, 0.4) is 0 Å². The highest BCUT2D eigenvalue weighted by atomic mass is 15.3.